The molecule has 1 aromatic carbocycles. The molecule has 1 atom stereocenters. The third-order valence-electron chi connectivity index (χ3n) is 2.51. The summed E-state index contributed by atoms with van der Waals surface area (Å²) in [7, 11) is -4.45. The first-order valence-electron chi connectivity index (χ1n) is 5.80. The van der Waals surface area contributed by atoms with Crippen LogP contribution in [0.4, 0.5) is 5.69 Å². The van der Waals surface area contributed by atoms with Crippen molar-refractivity contribution in [2.24, 2.45) is 0 Å². The number of anilines is 1. The third-order valence-corrected chi connectivity index (χ3v) is 6.06. The van der Waals surface area contributed by atoms with Crippen molar-refractivity contribution in [3.63, 3.8) is 0 Å². The zero-order valence-corrected chi connectivity index (χ0v) is 12.3. The number of benzene rings is 1. The maximum absolute atomic E-state index is 12.0. The Morgan fingerprint density at radius 2 is 1.94 bits per heavy atom. The highest BCUT2D eigenvalue weighted by atomic mass is 32.2. The zero-order valence-electron chi connectivity index (χ0n) is 10.7. The molecular formula is C12H19NO3S2. The summed E-state index contributed by atoms with van der Waals surface area (Å²) in [6.07, 6.45) is 0.585. The van der Waals surface area contributed by atoms with E-state index in [2.05, 4.69) is 0 Å². The summed E-state index contributed by atoms with van der Waals surface area (Å²) in [6, 6.07) is 5.27. The van der Waals surface area contributed by atoms with Crippen LogP contribution in [0.2, 0.25) is 0 Å². The van der Waals surface area contributed by atoms with Crippen molar-refractivity contribution in [2.75, 3.05) is 23.0 Å². The van der Waals surface area contributed by atoms with Crippen molar-refractivity contribution in [3.05, 3.63) is 23.8 Å². The van der Waals surface area contributed by atoms with E-state index < -0.39 is 20.6 Å². The van der Waals surface area contributed by atoms with E-state index in [0.717, 1.165) is 5.56 Å². The van der Waals surface area contributed by atoms with Crippen molar-refractivity contribution in [2.45, 2.75) is 25.2 Å². The van der Waals surface area contributed by atoms with E-state index in [0.29, 0.717) is 17.0 Å². The van der Waals surface area contributed by atoms with Gasteiger partial charge in [-0.3, -0.25) is 4.21 Å². The maximum Gasteiger partial charge on any atom is 0.151 e. The average molecular weight is 289 g/mol. The molecule has 6 heteroatoms. The largest absolute Gasteiger partial charge is 0.398 e. The molecule has 0 radical (unpaired) electrons. The molecule has 0 aliphatic heterocycles. The van der Waals surface area contributed by atoms with Crippen LogP contribution in [0.1, 0.15) is 18.9 Å². The molecule has 102 valence electrons. The molecule has 0 saturated heterocycles. The van der Waals surface area contributed by atoms with Crippen molar-refractivity contribution >= 4 is 26.3 Å². The van der Waals surface area contributed by atoms with E-state index in [4.69, 9.17) is 5.73 Å². The van der Waals surface area contributed by atoms with Crippen LogP contribution < -0.4 is 5.73 Å². The minimum Gasteiger partial charge on any atom is -0.398 e. The summed E-state index contributed by atoms with van der Waals surface area (Å²) < 4.78 is 35.1. The number of nitrogens with two attached hydrogens (primary N) is 1. The molecule has 1 aromatic rings. The molecule has 1 rings (SSSR count). The minimum atomic E-state index is -3.09. The molecule has 4 nitrogen and oxygen atoms in total. The molecule has 0 saturated carbocycles. The third kappa shape index (κ3) is 4.42. The molecular weight excluding hydrogens is 270 g/mol. The number of hydrogen-bond acceptors (Lipinski definition) is 4. The highest BCUT2D eigenvalue weighted by Crippen LogP contribution is 2.18. The Morgan fingerprint density at radius 3 is 2.50 bits per heavy atom. The van der Waals surface area contributed by atoms with Gasteiger partial charge in [0, 0.05) is 17.2 Å². The first-order chi connectivity index (χ1) is 8.35. The van der Waals surface area contributed by atoms with Gasteiger partial charge in [0.15, 0.2) is 9.84 Å². The molecule has 0 fully saturated rings. The lowest BCUT2D eigenvalue weighted by atomic mass is 10.2. The van der Waals surface area contributed by atoms with Crippen molar-refractivity contribution in [1.82, 2.24) is 0 Å². The standard InChI is InChI=1S/C12H19NO3S2/c1-3-7-18(15,16)8-6-17(14)12-5-4-10(2)9-11(12)13/h4-5,9H,3,6-8,13H2,1-2H3. The van der Waals surface area contributed by atoms with Gasteiger partial charge in [0.1, 0.15) is 0 Å². The fourth-order valence-corrected chi connectivity index (χ4v) is 4.81. The van der Waals surface area contributed by atoms with Gasteiger partial charge < -0.3 is 5.73 Å². The molecule has 0 aliphatic rings. The van der Waals surface area contributed by atoms with E-state index in [1.54, 1.807) is 12.1 Å². The number of rotatable bonds is 6. The second kappa shape index (κ2) is 6.33. The molecule has 18 heavy (non-hydrogen) atoms. The normalized spacial score (nSPS) is 13.4. The predicted octanol–water partition coefficient (Wildman–Crippen LogP) is 1.51. The van der Waals surface area contributed by atoms with Gasteiger partial charge >= 0.3 is 0 Å². The SMILES string of the molecule is CCCS(=O)(=O)CCS(=O)c1ccc(C)cc1N. The van der Waals surface area contributed by atoms with Crippen LogP contribution in [-0.2, 0) is 20.6 Å². The number of nitrogen functional groups attached to an aromatic ring is 1. The quantitative estimate of drug-likeness (QED) is 0.805. The van der Waals surface area contributed by atoms with Crippen LogP contribution in [-0.4, -0.2) is 29.9 Å². The second-order valence-corrected chi connectivity index (χ2v) is 8.09. The molecule has 0 spiro atoms. The van der Waals surface area contributed by atoms with E-state index in [-0.39, 0.29) is 17.3 Å². The Morgan fingerprint density at radius 1 is 1.28 bits per heavy atom. The van der Waals surface area contributed by atoms with Gasteiger partial charge in [-0.25, -0.2) is 8.42 Å². The van der Waals surface area contributed by atoms with Gasteiger partial charge in [0.25, 0.3) is 0 Å². The lowest BCUT2D eigenvalue weighted by molar-refractivity contribution is 0.595. The first kappa shape index (κ1) is 15.2. The average Bonchev–Trinajstić information content (AvgIpc) is 2.26. The van der Waals surface area contributed by atoms with Crippen LogP contribution in [0.5, 0.6) is 0 Å². The molecule has 0 aliphatic carbocycles. The summed E-state index contributed by atoms with van der Waals surface area (Å²) in [6.45, 7) is 3.71. The summed E-state index contributed by atoms with van der Waals surface area (Å²) in [5.41, 5.74) is 7.23. The lowest BCUT2D eigenvalue weighted by Crippen LogP contribution is -2.16. The molecule has 1 unspecified atom stereocenters. The van der Waals surface area contributed by atoms with Gasteiger partial charge in [-0.1, -0.05) is 13.0 Å². The Kier molecular flexibility index (Phi) is 5.34. The van der Waals surface area contributed by atoms with Gasteiger partial charge in [-0.2, -0.15) is 0 Å². The number of aryl methyl sites for hydroxylation is 1. The topological polar surface area (TPSA) is 77.2 Å². The molecule has 0 bridgehead atoms. The van der Waals surface area contributed by atoms with Crippen LogP contribution in [0, 0.1) is 6.92 Å². The van der Waals surface area contributed by atoms with Crippen LogP contribution in [0.25, 0.3) is 0 Å². The van der Waals surface area contributed by atoms with Gasteiger partial charge in [0.05, 0.1) is 21.4 Å². The highest BCUT2D eigenvalue weighted by Gasteiger charge is 2.14. The second-order valence-electron chi connectivity index (χ2n) is 4.24. The van der Waals surface area contributed by atoms with Crippen LogP contribution in [0.15, 0.2) is 23.1 Å². The fraction of sp³-hybridized carbons (Fsp3) is 0.500. The first-order valence-corrected chi connectivity index (χ1v) is 8.94. The van der Waals surface area contributed by atoms with E-state index in [1.165, 1.54) is 0 Å². The lowest BCUT2D eigenvalue weighted by Gasteiger charge is -2.07. The van der Waals surface area contributed by atoms with E-state index >= 15 is 0 Å². The minimum absolute atomic E-state index is 0.0548. The summed E-state index contributed by atoms with van der Waals surface area (Å²) in [5.74, 6) is 0.198. The zero-order chi connectivity index (χ0) is 13.8. The van der Waals surface area contributed by atoms with Crippen molar-refractivity contribution < 1.29 is 12.6 Å². The molecule has 2 N–H and O–H groups in total. The van der Waals surface area contributed by atoms with Crippen molar-refractivity contribution in [3.8, 4) is 0 Å². The highest BCUT2D eigenvalue weighted by molar-refractivity contribution is 7.93. The van der Waals surface area contributed by atoms with Gasteiger partial charge in [-0.15, -0.1) is 0 Å². The smallest absolute Gasteiger partial charge is 0.151 e. The molecule has 0 aromatic heterocycles. The summed E-state index contributed by atoms with van der Waals surface area (Å²) in [5, 5.41) is 0. The summed E-state index contributed by atoms with van der Waals surface area (Å²) in [4.78, 5) is 0.521. The van der Waals surface area contributed by atoms with Crippen molar-refractivity contribution in [1.29, 1.82) is 0 Å². The summed E-state index contributed by atoms with van der Waals surface area (Å²) >= 11 is 0. The fourth-order valence-electron chi connectivity index (χ4n) is 1.60. The monoisotopic (exact) mass is 289 g/mol. The van der Waals surface area contributed by atoms with Crippen LogP contribution in [0.3, 0.4) is 0 Å². The molecule has 0 amide bonds. The Labute approximate surface area is 111 Å². The molecule has 0 heterocycles. The maximum atomic E-state index is 12.0. The van der Waals surface area contributed by atoms with Gasteiger partial charge in [0.2, 0.25) is 0 Å². The Balaban J connectivity index is 2.72. The predicted molar refractivity (Wildman–Crippen MR) is 75.8 cm³/mol. The Hall–Kier alpha value is -0.880. The number of sulfone groups is 1. The van der Waals surface area contributed by atoms with E-state index in [9.17, 15) is 12.6 Å². The number of hydrogen-bond donors (Lipinski definition) is 1. The van der Waals surface area contributed by atoms with Crippen LogP contribution >= 0.6 is 0 Å². The van der Waals surface area contributed by atoms with E-state index in [1.807, 2.05) is 19.9 Å². The Bertz CT molecular complexity index is 538. The van der Waals surface area contributed by atoms with Gasteiger partial charge in [-0.05, 0) is 31.0 Å².